The van der Waals surface area contributed by atoms with Crippen molar-refractivity contribution >= 4 is 23.3 Å². The molecule has 1 unspecified atom stereocenters. The van der Waals surface area contributed by atoms with Crippen molar-refractivity contribution in [2.45, 2.75) is 37.5 Å². The van der Waals surface area contributed by atoms with Crippen molar-refractivity contribution < 1.29 is 13.6 Å². The molecule has 5 rings (SSSR count). The topological polar surface area (TPSA) is 52.6 Å². The Morgan fingerprint density at radius 3 is 2.52 bits per heavy atom. The van der Waals surface area contributed by atoms with Crippen LogP contribution in [-0.2, 0) is 11.2 Å². The third-order valence-corrected chi connectivity index (χ3v) is 7.32. The first-order valence-electron chi connectivity index (χ1n) is 11.5. The van der Waals surface area contributed by atoms with E-state index in [4.69, 9.17) is 11.6 Å². The van der Waals surface area contributed by atoms with Crippen LogP contribution in [0, 0.1) is 0 Å². The highest BCUT2D eigenvalue weighted by Crippen LogP contribution is 2.37. The van der Waals surface area contributed by atoms with Crippen molar-refractivity contribution in [3.05, 3.63) is 52.4 Å². The number of aryl methyl sites for hydroxylation is 1. The summed E-state index contributed by atoms with van der Waals surface area (Å²) >= 11 is 6.03. The summed E-state index contributed by atoms with van der Waals surface area (Å²) < 4.78 is 26.8. The van der Waals surface area contributed by atoms with Crippen LogP contribution >= 0.6 is 11.6 Å². The molecule has 33 heavy (non-hydrogen) atoms. The Morgan fingerprint density at radius 1 is 1.15 bits per heavy atom. The fourth-order valence-corrected chi connectivity index (χ4v) is 5.38. The summed E-state index contributed by atoms with van der Waals surface area (Å²) in [6.07, 6.45) is 3.73. The number of aromatic nitrogens is 2. The average molecular weight is 476 g/mol. The molecule has 2 fully saturated rings. The van der Waals surface area contributed by atoms with Crippen molar-refractivity contribution in [2.24, 2.45) is 0 Å². The maximum atomic E-state index is 13.5. The minimum Gasteiger partial charge on any atom is -0.353 e. The van der Waals surface area contributed by atoms with Crippen LogP contribution in [0.5, 0.6) is 0 Å². The lowest BCUT2D eigenvalue weighted by Crippen LogP contribution is -2.58. The highest BCUT2D eigenvalue weighted by atomic mass is 35.5. The fourth-order valence-electron chi connectivity index (χ4n) is 5.25. The van der Waals surface area contributed by atoms with Crippen molar-refractivity contribution in [1.82, 2.24) is 19.8 Å². The van der Waals surface area contributed by atoms with Gasteiger partial charge in [0.05, 0.1) is 19.0 Å². The van der Waals surface area contributed by atoms with Crippen LogP contribution < -0.4 is 4.90 Å². The lowest BCUT2D eigenvalue weighted by molar-refractivity contribution is -0.144. The lowest BCUT2D eigenvalue weighted by Gasteiger charge is -2.42. The predicted molar refractivity (Wildman–Crippen MR) is 123 cm³/mol. The number of carbonyl (C=O) groups is 1. The molecule has 3 heterocycles. The van der Waals surface area contributed by atoms with Crippen molar-refractivity contribution in [2.75, 3.05) is 50.7 Å². The number of fused-ring (bicyclic) bond motifs is 1. The molecule has 2 atom stereocenters. The van der Waals surface area contributed by atoms with Gasteiger partial charge < -0.3 is 9.80 Å². The zero-order valence-electron chi connectivity index (χ0n) is 18.7. The quantitative estimate of drug-likeness (QED) is 0.662. The normalized spacial score (nSPS) is 23.2. The number of carbonyl (C=O) groups excluding carboxylic acids is 1. The number of halogens is 3. The standard InChI is InChI=1S/C24H28ClF2N5O/c1-16-2-7-20-21(16)22(29-15-28-20)31-8-10-32(11-9-31)23(33)19(12-30-13-24(26,27)14-30)17-3-5-18(25)6-4-17/h3-6,15-16,19H,2,7-14H2,1H3/t16-,19?/m1/s1. The summed E-state index contributed by atoms with van der Waals surface area (Å²) in [5.74, 6) is -1.73. The summed E-state index contributed by atoms with van der Waals surface area (Å²) in [7, 11) is 0. The maximum absolute atomic E-state index is 13.5. The number of rotatable bonds is 5. The first-order chi connectivity index (χ1) is 15.8. The van der Waals surface area contributed by atoms with Crippen LogP contribution in [0.25, 0.3) is 0 Å². The average Bonchev–Trinajstić information content (AvgIpc) is 3.17. The molecule has 0 saturated carbocycles. The molecular weight excluding hydrogens is 448 g/mol. The number of nitrogens with zero attached hydrogens (tertiary/aromatic N) is 5. The van der Waals surface area contributed by atoms with Gasteiger partial charge in [-0.05, 0) is 36.5 Å². The molecule has 1 aliphatic carbocycles. The Kier molecular flexibility index (Phi) is 5.99. The van der Waals surface area contributed by atoms with Gasteiger partial charge in [-0.1, -0.05) is 30.7 Å². The van der Waals surface area contributed by atoms with Crippen LogP contribution in [-0.4, -0.2) is 77.4 Å². The molecule has 0 bridgehead atoms. The largest absolute Gasteiger partial charge is 0.353 e. The van der Waals surface area contributed by atoms with Crippen LogP contribution in [0.2, 0.25) is 5.02 Å². The van der Waals surface area contributed by atoms with E-state index in [1.807, 2.05) is 17.0 Å². The molecule has 3 aliphatic rings. The molecule has 2 aliphatic heterocycles. The van der Waals surface area contributed by atoms with Gasteiger partial charge in [-0.15, -0.1) is 0 Å². The van der Waals surface area contributed by atoms with Gasteiger partial charge in [-0.25, -0.2) is 18.7 Å². The Morgan fingerprint density at radius 2 is 1.85 bits per heavy atom. The fraction of sp³-hybridized carbons (Fsp3) is 0.542. The van der Waals surface area contributed by atoms with E-state index < -0.39 is 11.8 Å². The zero-order valence-corrected chi connectivity index (χ0v) is 19.4. The molecule has 0 N–H and O–H groups in total. The molecule has 2 saturated heterocycles. The Bertz CT molecular complexity index is 1020. The Labute approximate surface area is 197 Å². The van der Waals surface area contributed by atoms with E-state index in [0.29, 0.717) is 37.1 Å². The molecular formula is C24H28ClF2N5O. The smallest absolute Gasteiger partial charge is 0.272 e. The van der Waals surface area contributed by atoms with E-state index in [1.165, 1.54) is 5.56 Å². The predicted octanol–water partition coefficient (Wildman–Crippen LogP) is 3.56. The molecule has 0 spiro atoms. The van der Waals surface area contributed by atoms with Gasteiger partial charge in [0, 0.05) is 49.0 Å². The molecule has 1 aromatic carbocycles. The van der Waals surface area contributed by atoms with Gasteiger partial charge in [-0.3, -0.25) is 9.69 Å². The van der Waals surface area contributed by atoms with E-state index in [1.54, 1.807) is 23.4 Å². The third-order valence-electron chi connectivity index (χ3n) is 7.06. The Balaban J connectivity index is 1.29. The number of likely N-dealkylation sites (tertiary alicyclic amines) is 1. The lowest BCUT2D eigenvalue weighted by atomic mass is 9.94. The van der Waals surface area contributed by atoms with Crippen LogP contribution in [0.4, 0.5) is 14.6 Å². The highest BCUT2D eigenvalue weighted by Gasteiger charge is 2.45. The number of benzene rings is 1. The first-order valence-corrected chi connectivity index (χ1v) is 11.9. The SMILES string of the molecule is C[C@@H]1CCc2ncnc(N3CCN(C(=O)C(CN4CC(F)(F)C4)c4ccc(Cl)cc4)CC3)c21. The first kappa shape index (κ1) is 22.5. The van der Waals surface area contributed by atoms with Crippen LogP contribution in [0.3, 0.4) is 0 Å². The Hall–Kier alpha value is -2.32. The summed E-state index contributed by atoms with van der Waals surface area (Å²) in [6.45, 7) is 4.44. The summed E-state index contributed by atoms with van der Waals surface area (Å²) in [5.41, 5.74) is 3.19. The molecule has 176 valence electrons. The summed E-state index contributed by atoms with van der Waals surface area (Å²) in [5, 5.41) is 0.584. The van der Waals surface area contributed by atoms with E-state index >= 15 is 0 Å². The number of alkyl halides is 2. The molecule has 0 radical (unpaired) electrons. The third kappa shape index (κ3) is 4.55. The molecule has 6 nitrogen and oxygen atoms in total. The van der Waals surface area contributed by atoms with Crippen molar-refractivity contribution in [3.63, 3.8) is 0 Å². The van der Waals surface area contributed by atoms with Gasteiger partial charge in [0.25, 0.3) is 5.92 Å². The van der Waals surface area contributed by atoms with Crippen LogP contribution in [0.15, 0.2) is 30.6 Å². The number of hydrogen-bond donors (Lipinski definition) is 0. The monoisotopic (exact) mass is 475 g/mol. The second-order valence-corrected chi connectivity index (χ2v) is 9.88. The van der Waals surface area contributed by atoms with Crippen LogP contribution in [0.1, 0.15) is 42.0 Å². The van der Waals surface area contributed by atoms with Crippen molar-refractivity contribution in [3.8, 4) is 0 Å². The van der Waals surface area contributed by atoms with Gasteiger partial charge in [0.1, 0.15) is 12.1 Å². The summed E-state index contributed by atoms with van der Waals surface area (Å²) in [6, 6.07) is 7.14. The van der Waals surface area contributed by atoms with Gasteiger partial charge >= 0.3 is 0 Å². The molecule has 9 heteroatoms. The van der Waals surface area contributed by atoms with Gasteiger partial charge in [0.2, 0.25) is 5.91 Å². The van der Waals surface area contributed by atoms with Crippen molar-refractivity contribution in [1.29, 1.82) is 0 Å². The minimum atomic E-state index is -2.66. The van der Waals surface area contributed by atoms with E-state index in [9.17, 15) is 13.6 Å². The number of amides is 1. The van der Waals surface area contributed by atoms with Gasteiger partial charge in [0.15, 0.2) is 0 Å². The maximum Gasteiger partial charge on any atom is 0.272 e. The minimum absolute atomic E-state index is 0.0199. The summed E-state index contributed by atoms with van der Waals surface area (Å²) in [4.78, 5) is 28.3. The number of piperazine rings is 1. The van der Waals surface area contributed by atoms with Gasteiger partial charge in [-0.2, -0.15) is 0 Å². The second-order valence-electron chi connectivity index (χ2n) is 9.44. The van der Waals surface area contributed by atoms with E-state index in [2.05, 4.69) is 21.8 Å². The number of anilines is 1. The zero-order chi connectivity index (χ0) is 23.2. The van der Waals surface area contributed by atoms with E-state index in [-0.39, 0.29) is 25.5 Å². The number of hydrogen-bond acceptors (Lipinski definition) is 5. The molecule has 1 aromatic heterocycles. The molecule has 2 aromatic rings. The molecule has 1 amide bonds. The van der Waals surface area contributed by atoms with E-state index in [0.717, 1.165) is 29.9 Å². The second kappa shape index (κ2) is 8.80. The highest BCUT2D eigenvalue weighted by molar-refractivity contribution is 6.30.